The van der Waals surface area contributed by atoms with Gasteiger partial charge in [-0.05, 0) is 53.3 Å². The van der Waals surface area contributed by atoms with Crippen molar-refractivity contribution in [1.29, 1.82) is 0 Å². The van der Waals surface area contributed by atoms with E-state index < -0.39 is 0 Å². The van der Waals surface area contributed by atoms with Crippen molar-refractivity contribution in [2.24, 2.45) is 0 Å². The summed E-state index contributed by atoms with van der Waals surface area (Å²) in [6, 6.07) is 50.0. The minimum Gasteiger partial charge on any atom is -0.0879 e. The summed E-state index contributed by atoms with van der Waals surface area (Å²) in [5, 5.41) is 1.50. The Morgan fingerprint density at radius 3 is 1.62 bits per heavy atom. The topological polar surface area (TPSA) is 0 Å². The van der Waals surface area contributed by atoms with Crippen molar-refractivity contribution in [3.8, 4) is 0 Å². The Labute approximate surface area is 255 Å². The van der Waals surface area contributed by atoms with E-state index in [-0.39, 0.29) is 6.71 Å². The first-order chi connectivity index (χ1) is 20.8. The third-order valence-electron chi connectivity index (χ3n) is 7.77. The first kappa shape index (κ1) is 29.6. The molecule has 5 aromatic carbocycles. The standard InChI is InChI=1S/C28H25B.C12H15P/c1-2-23-13-15-24(16-14-23)17-18-25-19-21-28(22-20-25)29(26-9-5-3-6-10-26)27-11-7-4-8-12-27;1-3-7-11(8-4-1)13-12-9-5-2-6-10-12/h3-22H,2H2,1H3;1,3-5,7-9,12-13H,2,6,10H2/b18-17+;. The molecule has 0 spiro atoms. The van der Waals surface area contributed by atoms with E-state index >= 15 is 0 Å². The second-order valence-corrected chi connectivity index (χ2v) is 12.4. The van der Waals surface area contributed by atoms with Crippen LogP contribution in [0.15, 0.2) is 152 Å². The summed E-state index contributed by atoms with van der Waals surface area (Å²) in [7, 11) is 0.967. The fraction of sp³-hybridized carbons (Fsp3) is 0.150. The molecule has 0 aliphatic heterocycles. The molecule has 2 heteroatoms. The second-order valence-electron chi connectivity index (χ2n) is 10.8. The summed E-state index contributed by atoms with van der Waals surface area (Å²) in [5.74, 6) is 0. The fourth-order valence-electron chi connectivity index (χ4n) is 5.41. The molecule has 2 atom stereocenters. The zero-order valence-electron chi connectivity index (χ0n) is 24.6. The van der Waals surface area contributed by atoms with Gasteiger partial charge in [-0.2, -0.15) is 0 Å². The molecule has 0 N–H and O–H groups in total. The smallest absolute Gasteiger partial charge is 0.0879 e. The van der Waals surface area contributed by atoms with Crippen molar-refractivity contribution < 1.29 is 0 Å². The van der Waals surface area contributed by atoms with Crippen LogP contribution >= 0.6 is 8.58 Å². The molecule has 208 valence electrons. The highest BCUT2D eigenvalue weighted by Gasteiger charge is 2.20. The molecule has 0 aromatic heterocycles. The van der Waals surface area contributed by atoms with Gasteiger partial charge < -0.3 is 0 Å². The van der Waals surface area contributed by atoms with E-state index in [2.05, 4.69) is 171 Å². The molecule has 0 nitrogen and oxygen atoms in total. The van der Waals surface area contributed by atoms with Crippen molar-refractivity contribution in [3.63, 3.8) is 0 Å². The van der Waals surface area contributed by atoms with Gasteiger partial charge in [0.1, 0.15) is 0 Å². The van der Waals surface area contributed by atoms with Crippen molar-refractivity contribution in [1.82, 2.24) is 0 Å². The third kappa shape index (κ3) is 8.79. The molecular weight excluding hydrogens is 522 g/mol. The number of aryl methyl sites for hydroxylation is 1. The molecule has 1 aliphatic rings. The molecule has 1 aliphatic carbocycles. The van der Waals surface area contributed by atoms with Gasteiger partial charge in [-0.3, -0.25) is 0 Å². The monoisotopic (exact) mass is 562 g/mol. The van der Waals surface area contributed by atoms with Crippen LogP contribution in [0.5, 0.6) is 0 Å². The number of hydrogen-bond donors (Lipinski definition) is 0. The van der Waals surface area contributed by atoms with Crippen LogP contribution in [0, 0.1) is 0 Å². The van der Waals surface area contributed by atoms with E-state index in [1.807, 2.05) is 0 Å². The van der Waals surface area contributed by atoms with Gasteiger partial charge in [0, 0.05) is 0 Å². The van der Waals surface area contributed by atoms with Crippen LogP contribution in [0.2, 0.25) is 0 Å². The average Bonchev–Trinajstić information content (AvgIpc) is 3.07. The number of benzene rings is 5. The molecule has 0 saturated heterocycles. The van der Waals surface area contributed by atoms with Crippen molar-refractivity contribution >= 4 is 49.1 Å². The van der Waals surface area contributed by atoms with Crippen LogP contribution in [0.3, 0.4) is 0 Å². The van der Waals surface area contributed by atoms with Crippen molar-refractivity contribution in [2.45, 2.75) is 38.3 Å². The number of rotatable bonds is 8. The third-order valence-corrected chi connectivity index (χ3v) is 9.29. The quantitative estimate of drug-likeness (QED) is 0.0778. The van der Waals surface area contributed by atoms with Crippen LogP contribution in [0.1, 0.15) is 42.9 Å². The van der Waals surface area contributed by atoms with Gasteiger partial charge in [-0.1, -0.05) is 196 Å². The van der Waals surface area contributed by atoms with E-state index in [4.69, 9.17) is 0 Å². The molecule has 2 unspecified atom stereocenters. The normalized spacial score (nSPS) is 14.5. The lowest BCUT2D eigenvalue weighted by molar-refractivity contribution is 0.739. The van der Waals surface area contributed by atoms with E-state index in [0.717, 1.165) is 20.7 Å². The maximum absolute atomic E-state index is 2.40. The molecule has 0 heterocycles. The molecule has 6 rings (SSSR count). The maximum Gasteiger partial charge on any atom is 0.241 e. The first-order valence-electron chi connectivity index (χ1n) is 15.2. The molecule has 42 heavy (non-hydrogen) atoms. The average molecular weight is 563 g/mol. The van der Waals surface area contributed by atoms with Crippen LogP contribution in [-0.4, -0.2) is 12.4 Å². The minimum atomic E-state index is 0.247. The van der Waals surface area contributed by atoms with Gasteiger partial charge in [0.2, 0.25) is 6.71 Å². The molecule has 0 amide bonds. The largest absolute Gasteiger partial charge is 0.241 e. The molecule has 0 bridgehead atoms. The highest BCUT2D eigenvalue weighted by Crippen LogP contribution is 2.27. The Morgan fingerprint density at radius 1 is 0.619 bits per heavy atom. The van der Waals surface area contributed by atoms with E-state index in [9.17, 15) is 0 Å². The van der Waals surface area contributed by atoms with Gasteiger partial charge in [0.05, 0.1) is 0 Å². The Morgan fingerprint density at radius 2 is 1.12 bits per heavy atom. The minimum absolute atomic E-state index is 0.247. The van der Waals surface area contributed by atoms with Gasteiger partial charge in [-0.25, -0.2) is 0 Å². The zero-order valence-corrected chi connectivity index (χ0v) is 25.6. The summed E-state index contributed by atoms with van der Waals surface area (Å²) in [6.07, 6.45) is 14.2. The molecular formula is C40H40BP. The Hall–Kier alpha value is -3.93. The zero-order chi connectivity index (χ0) is 28.8. The van der Waals surface area contributed by atoms with Crippen molar-refractivity contribution in [2.75, 3.05) is 0 Å². The van der Waals surface area contributed by atoms with E-state index in [0.29, 0.717) is 0 Å². The van der Waals surface area contributed by atoms with Crippen molar-refractivity contribution in [3.05, 3.63) is 168 Å². The highest BCUT2D eigenvalue weighted by molar-refractivity contribution is 7.48. The Balaban J connectivity index is 0.000000226. The van der Waals surface area contributed by atoms with Crippen LogP contribution in [0.25, 0.3) is 12.2 Å². The van der Waals surface area contributed by atoms with Crippen LogP contribution in [-0.2, 0) is 6.42 Å². The predicted molar refractivity (Wildman–Crippen MR) is 190 cm³/mol. The predicted octanol–water partition coefficient (Wildman–Crippen LogP) is 8.03. The lowest BCUT2D eigenvalue weighted by Crippen LogP contribution is -2.51. The number of hydrogen-bond acceptors (Lipinski definition) is 0. The lowest BCUT2D eigenvalue weighted by Gasteiger charge is -2.15. The Kier molecular flexibility index (Phi) is 11.2. The lowest BCUT2D eigenvalue weighted by atomic mass is 9.37. The fourth-order valence-corrected chi connectivity index (χ4v) is 6.80. The van der Waals surface area contributed by atoms with E-state index in [1.165, 1.54) is 57.6 Å². The molecule has 5 aromatic rings. The van der Waals surface area contributed by atoms with Crippen LogP contribution < -0.4 is 21.7 Å². The second kappa shape index (κ2) is 15.9. The summed E-state index contributed by atoms with van der Waals surface area (Å²) in [6.45, 7) is 2.43. The first-order valence-corrected chi connectivity index (χ1v) is 16.3. The summed E-state index contributed by atoms with van der Waals surface area (Å²) in [4.78, 5) is 0. The molecule has 0 saturated carbocycles. The molecule has 0 fully saturated rings. The number of allylic oxidation sites excluding steroid dienone is 2. The SMILES string of the molecule is C1=CC(Pc2ccccc2)CCC1.CCc1ccc(/C=C/c2ccc(B(c3ccccc3)c3ccccc3)cc2)cc1. The highest BCUT2D eigenvalue weighted by atomic mass is 31.1. The van der Waals surface area contributed by atoms with Gasteiger partial charge in [-0.15, -0.1) is 0 Å². The van der Waals surface area contributed by atoms with Gasteiger partial charge in [0.15, 0.2) is 0 Å². The van der Waals surface area contributed by atoms with Crippen LogP contribution in [0.4, 0.5) is 0 Å². The summed E-state index contributed by atoms with van der Waals surface area (Å²) in [5.41, 5.74) is 8.59. The van der Waals surface area contributed by atoms with Gasteiger partial charge >= 0.3 is 0 Å². The summed E-state index contributed by atoms with van der Waals surface area (Å²) >= 11 is 0. The van der Waals surface area contributed by atoms with E-state index in [1.54, 1.807) is 0 Å². The summed E-state index contributed by atoms with van der Waals surface area (Å²) < 4.78 is 0. The maximum atomic E-state index is 2.40. The Bertz CT molecular complexity index is 1480. The van der Waals surface area contributed by atoms with Gasteiger partial charge in [0.25, 0.3) is 0 Å². The molecule has 0 radical (unpaired) electrons.